The number of phenols is 5. The van der Waals surface area contributed by atoms with E-state index in [1.807, 2.05) is 0 Å². The van der Waals surface area contributed by atoms with Gasteiger partial charge in [0.1, 0.15) is 28.7 Å². The summed E-state index contributed by atoms with van der Waals surface area (Å²) in [6, 6.07) is 10.2. The number of benzene rings is 3. The summed E-state index contributed by atoms with van der Waals surface area (Å²) in [6.45, 7) is 0. The van der Waals surface area contributed by atoms with Crippen LogP contribution in [0.3, 0.4) is 0 Å². The molecule has 1 aliphatic rings. The first kappa shape index (κ1) is 17.7. The van der Waals surface area contributed by atoms with E-state index >= 15 is 0 Å². The van der Waals surface area contributed by atoms with Gasteiger partial charge in [-0.05, 0) is 35.4 Å². The van der Waals surface area contributed by atoms with E-state index < -0.39 is 29.3 Å². The van der Waals surface area contributed by atoms with Crippen LogP contribution < -0.4 is 0 Å². The van der Waals surface area contributed by atoms with Crippen LogP contribution in [0.5, 0.6) is 28.7 Å². The zero-order chi connectivity index (χ0) is 20.2. The topological polar surface area (TPSA) is 138 Å². The molecule has 3 aromatic rings. The second-order valence-corrected chi connectivity index (χ2v) is 6.70. The minimum Gasteiger partial charge on any atom is -0.508 e. The van der Waals surface area contributed by atoms with Gasteiger partial charge in [0, 0.05) is 29.2 Å². The molecule has 7 heteroatoms. The van der Waals surface area contributed by atoms with Crippen molar-refractivity contribution in [2.24, 2.45) is 0 Å². The van der Waals surface area contributed by atoms with Gasteiger partial charge in [0.05, 0.1) is 11.7 Å². The smallest absolute Gasteiger partial charge is 0.197 e. The Bertz CT molecular complexity index is 1100. The highest BCUT2D eigenvalue weighted by atomic mass is 16.3. The van der Waals surface area contributed by atoms with E-state index in [9.17, 15) is 35.4 Å². The van der Waals surface area contributed by atoms with Crippen molar-refractivity contribution < 1.29 is 35.4 Å². The number of aliphatic hydroxyl groups excluding tert-OH is 1. The molecular weight excluding hydrogens is 364 g/mol. The minimum atomic E-state index is -1.42. The van der Waals surface area contributed by atoms with E-state index in [4.69, 9.17) is 0 Å². The highest BCUT2D eigenvalue weighted by Gasteiger charge is 2.39. The van der Waals surface area contributed by atoms with Crippen molar-refractivity contribution in [2.45, 2.75) is 12.0 Å². The van der Waals surface area contributed by atoms with Gasteiger partial charge in [0.25, 0.3) is 0 Å². The van der Waals surface area contributed by atoms with Gasteiger partial charge in [-0.25, -0.2) is 0 Å². The molecule has 0 radical (unpaired) electrons. The predicted molar refractivity (Wildman–Crippen MR) is 97.9 cm³/mol. The monoisotopic (exact) mass is 380 g/mol. The molecule has 0 saturated heterocycles. The van der Waals surface area contributed by atoms with Crippen molar-refractivity contribution in [3.63, 3.8) is 0 Å². The number of hydrogen-bond donors (Lipinski definition) is 6. The Labute approximate surface area is 159 Å². The van der Waals surface area contributed by atoms with Crippen LogP contribution in [-0.2, 0) is 0 Å². The summed E-state index contributed by atoms with van der Waals surface area (Å²) in [5, 5.41) is 61.2. The summed E-state index contributed by atoms with van der Waals surface area (Å²) in [6.07, 6.45) is -1.42. The van der Waals surface area contributed by atoms with Crippen molar-refractivity contribution in [2.75, 3.05) is 0 Å². The van der Waals surface area contributed by atoms with Crippen LogP contribution in [0.2, 0.25) is 0 Å². The van der Waals surface area contributed by atoms with Crippen molar-refractivity contribution in [1.82, 2.24) is 0 Å². The van der Waals surface area contributed by atoms with Crippen LogP contribution in [-0.4, -0.2) is 36.4 Å². The summed E-state index contributed by atoms with van der Waals surface area (Å²) in [5.74, 6) is -3.32. The van der Waals surface area contributed by atoms with Crippen LogP contribution in [0.1, 0.15) is 44.6 Å². The summed E-state index contributed by atoms with van der Waals surface area (Å²) in [4.78, 5) is 13.1. The maximum absolute atomic E-state index is 13.1. The van der Waals surface area contributed by atoms with Gasteiger partial charge in [-0.3, -0.25) is 4.79 Å². The molecule has 142 valence electrons. The number of carbonyl (C=O) groups excluding carboxylic acids is 1. The Balaban J connectivity index is 2.10. The molecule has 7 nitrogen and oxygen atoms in total. The van der Waals surface area contributed by atoms with Crippen molar-refractivity contribution in [3.8, 4) is 28.7 Å². The highest BCUT2D eigenvalue weighted by molar-refractivity contribution is 6.14. The average molecular weight is 380 g/mol. The van der Waals surface area contributed by atoms with Gasteiger partial charge >= 0.3 is 0 Å². The Kier molecular flexibility index (Phi) is 3.90. The van der Waals surface area contributed by atoms with Crippen LogP contribution >= 0.6 is 0 Å². The zero-order valence-electron chi connectivity index (χ0n) is 14.4. The maximum atomic E-state index is 13.1. The summed E-state index contributed by atoms with van der Waals surface area (Å²) < 4.78 is 0. The lowest BCUT2D eigenvalue weighted by atomic mass is 9.82. The molecule has 0 heterocycles. The largest absolute Gasteiger partial charge is 0.508 e. The second kappa shape index (κ2) is 6.17. The van der Waals surface area contributed by atoms with Gasteiger partial charge < -0.3 is 30.6 Å². The zero-order valence-corrected chi connectivity index (χ0v) is 14.4. The number of fused-ring (bicyclic) bond motifs is 2. The molecule has 3 aromatic carbocycles. The van der Waals surface area contributed by atoms with E-state index in [2.05, 4.69) is 0 Å². The molecule has 0 aliphatic heterocycles. The molecule has 0 unspecified atom stereocenters. The van der Waals surface area contributed by atoms with Gasteiger partial charge in [-0.15, -0.1) is 0 Å². The lowest BCUT2D eigenvalue weighted by Crippen LogP contribution is -2.13. The molecule has 6 N–H and O–H groups in total. The molecule has 2 atom stereocenters. The Hall–Kier alpha value is -3.71. The highest BCUT2D eigenvalue weighted by Crippen LogP contribution is 2.49. The lowest BCUT2D eigenvalue weighted by molar-refractivity contribution is 0.103. The fraction of sp³-hybridized carbons (Fsp3) is 0.0952. The normalized spacial score (nSPS) is 18.2. The summed E-state index contributed by atoms with van der Waals surface area (Å²) in [5.41, 5.74) is 0.204. The van der Waals surface area contributed by atoms with Gasteiger partial charge in [-0.2, -0.15) is 0 Å². The van der Waals surface area contributed by atoms with Gasteiger partial charge in [0.15, 0.2) is 5.78 Å². The standard InChI is InChI=1S/C21H16O7/c22-10-3-1-9(2-4-10)17-18-13(5-11(23)7-15(18)25)21(28)19-14(20(17)27)6-12(24)8-16(19)26/h1-8,17,20,22-27H/t17-,20-/m0/s1. The van der Waals surface area contributed by atoms with Gasteiger partial charge in [0.2, 0.25) is 0 Å². The SMILES string of the molecule is O=C1c2cc(O)cc(O)c2[C@H](c2ccc(O)cc2)[C@@H](O)c2cc(O)cc(O)c21. The molecule has 0 bridgehead atoms. The molecule has 0 spiro atoms. The van der Waals surface area contributed by atoms with E-state index in [1.54, 1.807) is 0 Å². The number of aromatic hydroxyl groups is 5. The number of ketones is 1. The van der Waals surface area contributed by atoms with Crippen molar-refractivity contribution >= 4 is 5.78 Å². The van der Waals surface area contributed by atoms with E-state index in [0.29, 0.717) is 5.56 Å². The Morgan fingerprint density at radius 3 is 2.00 bits per heavy atom. The molecule has 0 aromatic heterocycles. The number of carbonyl (C=O) groups is 1. The molecule has 28 heavy (non-hydrogen) atoms. The van der Waals surface area contributed by atoms with E-state index in [1.165, 1.54) is 30.3 Å². The molecule has 0 saturated carbocycles. The summed E-state index contributed by atoms with van der Waals surface area (Å²) in [7, 11) is 0. The van der Waals surface area contributed by atoms with Crippen molar-refractivity contribution in [1.29, 1.82) is 0 Å². The third-order valence-electron chi connectivity index (χ3n) is 4.95. The molecule has 4 rings (SSSR count). The first-order valence-corrected chi connectivity index (χ1v) is 8.41. The third kappa shape index (κ3) is 2.60. The molecule has 1 aliphatic carbocycles. The van der Waals surface area contributed by atoms with E-state index in [-0.39, 0.29) is 39.5 Å². The number of aliphatic hydroxyl groups is 1. The van der Waals surface area contributed by atoms with Crippen LogP contribution in [0.15, 0.2) is 48.5 Å². The van der Waals surface area contributed by atoms with Crippen LogP contribution in [0.4, 0.5) is 0 Å². The third-order valence-corrected chi connectivity index (χ3v) is 4.95. The summed E-state index contributed by atoms with van der Waals surface area (Å²) >= 11 is 0. The van der Waals surface area contributed by atoms with Crippen molar-refractivity contribution in [3.05, 3.63) is 76.3 Å². The van der Waals surface area contributed by atoms with Gasteiger partial charge in [-0.1, -0.05) is 12.1 Å². The molecular formula is C21H16O7. The molecule has 0 amide bonds. The van der Waals surface area contributed by atoms with Crippen LogP contribution in [0, 0.1) is 0 Å². The first-order valence-electron chi connectivity index (χ1n) is 8.41. The quantitative estimate of drug-likeness (QED) is 0.381. The predicted octanol–water partition coefficient (Wildman–Crippen LogP) is 2.62. The first-order chi connectivity index (χ1) is 13.3. The van der Waals surface area contributed by atoms with Crippen LogP contribution in [0.25, 0.3) is 0 Å². The Morgan fingerprint density at radius 2 is 1.32 bits per heavy atom. The maximum Gasteiger partial charge on any atom is 0.197 e. The minimum absolute atomic E-state index is 0.00576. The lowest BCUT2D eigenvalue weighted by Gasteiger charge is -2.25. The number of rotatable bonds is 1. The fourth-order valence-corrected chi connectivity index (χ4v) is 3.75. The Morgan fingerprint density at radius 1 is 0.714 bits per heavy atom. The van der Waals surface area contributed by atoms with E-state index in [0.717, 1.165) is 18.2 Å². The molecule has 0 fully saturated rings. The average Bonchev–Trinajstić information content (AvgIpc) is 2.71. The fourth-order valence-electron chi connectivity index (χ4n) is 3.75. The second-order valence-electron chi connectivity index (χ2n) is 6.70. The number of hydrogen-bond acceptors (Lipinski definition) is 7. The number of phenolic OH excluding ortho intramolecular Hbond substituents is 5.